The molecular formula is C6H7BF3N2S3-. The van der Waals surface area contributed by atoms with E-state index in [1.165, 1.54) is 23.1 Å². The number of hydrogen-bond donors (Lipinski definition) is 0. The Morgan fingerprint density at radius 3 is 2.47 bits per heavy atom. The van der Waals surface area contributed by atoms with Crippen molar-refractivity contribution in [1.82, 2.24) is 10.2 Å². The zero-order chi connectivity index (χ0) is 11.5. The molecule has 0 radical (unpaired) electrons. The molecule has 15 heavy (non-hydrogen) atoms. The predicted molar refractivity (Wildman–Crippen MR) is 60.6 cm³/mol. The summed E-state index contributed by atoms with van der Waals surface area (Å²) >= 11 is 3.73. The van der Waals surface area contributed by atoms with Gasteiger partial charge in [0, 0.05) is 0 Å². The van der Waals surface area contributed by atoms with Crippen molar-refractivity contribution in [1.29, 1.82) is 0 Å². The third-order valence-corrected chi connectivity index (χ3v) is 4.55. The van der Waals surface area contributed by atoms with E-state index in [-0.39, 0.29) is 5.75 Å². The van der Waals surface area contributed by atoms with Crippen molar-refractivity contribution >= 4 is 41.8 Å². The topological polar surface area (TPSA) is 25.8 Å². The lowest BCUT2D eigenvalue weighted by atomic mass is 9.82. The van der Waals surface area contributed by atoms with Crippen molar-refractivity contribution in [3.05, 3.63) is 12.1 Å². The van der Waals surface area contributed by atoms with E-state index in [1.54, 1.807) is 0 Å². The molecule has 9 heteroatoms. The molecule has 0 atom stereocenters. The van der Waals surface area contributed by atoms with Gasteiger partial charge in [-0.15, -0.1) is 22.2 Å². The fraction of sp³-hybridized carbons (Fsp3) is 0.333. The van der Waals surface area contributed by atoms with Crippen LogP contribution in [0.15, 0.2) is 20.7 Å². The van der Waals surface area contributed by atoms with E-state index in [0.717, 1.165) is 16.1 Å². The van der Waals surface area contributed by atoms with Crippen LogP contribution in [0.25, 0.3) is 0 Å². The predicted octanol–water partition coefficient (Wildman–Crippen LogP) is 3.29. The monoisotopic (exact) mass is 271 g/mol. The smallest absolute Gasteiger partial charge is 0.445 e. The zero-order valence-electron chi connectivity index (χ0n) is 7.74. The summed E-state index contributed by atoms with van der Waals surface area (Å²) in [6.07, 6.45) is 1.84. The molecule has 1 aromatic rings. The van der Waals surface area contributed by atoms with Gasteiger partial charge in [0.05, 0.1) is 0 Å². The summed E-state index contributed by atoms with van der Waals surface area (Å²) in [5, 5.41) is 7.53. The molecule has 0 unspecified atom stereocenters. The molecule has 0 aromatic carbocycles. The van der Waals surface area contributed by atoms with E-state index in [1.807, 2.05) is 6.26 Å². The zero-order valence-corrected chi connectivity index (χ0v) is 10.2. The van der Waals surface area contributed by atoms with Gasteiger partial charge in [-0.2, -0.15) is 0 Å². The van der Waals surface area contributed by atoms with Gasteiger partial charge < -0.3 is 12.9 Å². The van der Waals surface area contributed by atoms with E-state index in [9.17, 15) is 12.9 Å². The Bertz CT molecular complexity index is 352. The summed E-state index contributed by atoms with van der Waals surface area (Å²) in [5.74, 6) is -0.174. The average Bonchev–Trinajstić information content (AvgIpc) is 2.60. The van der Waals surface area contributed by atoms with Gasteiger partial charge in [0.2, 0.25) is 0 Å². The van der Waals surface area contributed by atoms with Crippen molar-refractivity contribution < 1.29 is 12.9 Å². The van der Waals surface area contributed by atoms with Crippen LogP contribution in [-0.4, -0.2) is 29.2 Å². The fourth-order valence-electron chi connectivity index (χ4n) is 0.587. The highest BCUT2D eigenvalue weighted by Crippen LogP contribution is 2.30. The number of hydrogen-bond acceptors (Lipinski definition) is 5. The lowest BCUT2D eigenvalue weighted by molar-refractivity contribution is 0.491. The molecular weight excluding hydrogens is 264 g/mol. The Morgan fingerprint density at radius 1 is 1.40 bits per heavy atom. The van der Waals surface area contributed by atoms with Crippen molar-refractivity contribution in [2.24, 2.45) is 0 Å². The summed E-state index contributed by atoms with van der Waals surface area (Å²) in [7, 11) is 0. The van der Waals surface area contributed by atoms with Crippen LogP contribution in [0.2, 0.25) is 0 Å². The van der Waals surface area contributed by atoms with Gasteiger partial charge in [0.1, 0.15) is 0 Å². The molecule has 0 spiro atoms. The second-order valence-electron chi connectivity index (χ2n) is 2.56. The number of halogens is 3. The van der Waals surface area contributed by atoms with Crippen LogP contribution in [0.1, 0.15) is 0 Å². The third kappa shape index (κ3) is 4.08. The molecule has 1 rings (SSSR count). The Balaban J connectivity index is 2.47. The minimum absolute atomic E-state index is 0.174. The average molecular weight is 271 g/mol. The molecule has 0 aliphatic rings. The fourth-order valence-corrected chi connectivity index (χ4v) is 3.00. The van der Waals surface area contributed by atoms with E-state index in [4.69, 9.17) is 0 Å². The molecule has 0 aliphatic carbocycles. The van der Waals surface area contributed by atoms with Crippen molar-refractivity contribution in [3.8, 4) is 0 Å². The van der Waals surface area contributed by atoms with Crippen LogP contribution in [0, 0.1) is 0 Å². The maximum atomic E-state index is 12.1. The van der Waals surface area contributed by atoms with Crippen molar-refractivity contribution in [2.75, 3.05) is 12.0 Å². The Labute approximate surface area is 97.8 Å². The molecule has 0 fully saturated rings. The van der Waals surface area contributed by atoms with Gasteiger partial charge in [-0.05, 0) is 12.0 Å². The Kier molecular flexibility index (Phi) is 4.53. The second kappa shape index (κ2) is 5.26. The van der Waals surface area contributed by atoms with Gasteiger partial charge >= 0.3 is 6.98 Å². The summed E-state index contributed by atoms with van der Waals surface area (Å²) in [5.41, 5.74) is -0.694. The van der Waals surface area contributed by atoms with Gasteiger partial charge in [0.15, 0.2) is 8.68 Å². The van der Waals surface area contributed by atoms with E-state index in [0.29, 0.717) is 4.34 Å². The highest BCUT2D eigenvalue weighted by atomic mass is 32.2. The van der Waals surface area contributed by atoms with Gasteiger partial charge in [0.25, 0.3) is 0 Å². The van der Waals surface area contributed by atoms with E-state index < -0.39 is 12.4 Å². The number of thioether (sulfide) groups is 2. The van der Waals surface area contributed by atoms with E-state index in [2.05, 4.69) is 16.8 Å². The van der Waals surface area contributed by atoms with Crippen LogP contribution in [0.4, 0.5) is 12.9 Å². The molecule has 1 heterocycles. The van der Waals surface area contributed by atoms with Gasteiger partial charge in [-0.3, -0.25) is 0 Å². The highest BCUT2D eigenvalue weighted by molar-refractivity contribution is 8.03. The molecule has 0 saturated carbocycles. The minimum Gasteiger partial charge on any atom is -0.445 e. The minimum atomic E-state index is -4.93. The Morgan fingerprint density at radius 2 is 2.00 bits per heavy atom. The Hall–Kier alpha value is -0.145. The first-order chi connectivity index (χ1) is 6.93. The van der Waals surface area contributed by atoms with Crippen LogP contribution in [0.5, 0.6) is 0 Å². The van der Waals surface area contributed by atoms with Crippen LogP contribution < -0.4 is 0 Å². The second-order valence-corrected chi connectivity index (χ2v) is 5.81. The third-order valence-electron chi connectivity index (χ3n) is 1.41. The number of nitrogens with zero attached hydrogens (tertiary/aromatic N) is 2. The molecule has 1 aromatic heterocycles. The van der Waals surface area contributed by atoms with Crippen molar-refractivity contribution in [3.63, 3.8) is 0 Å². The quantitative estimate of drug-likeness (QED) is 0.606. The SMILES string of the molecule is C=C(CSc1nnc(SC)s1)[B-](F)(F)F. The molecule has 84 valence electrons. The lowest BCUT2D eigenvalue weighted by Crippen LogP contribution is -2.20. The maximum absolute atomic E-state index is 12.1. The van der Waals surface area contributed by atoms with E-state index >= 15 is 0 Å². The number of rotatable bonds is 5. The molecule has 0 saturated heterocycles. The first-order valence-electron chi connectivity index (χ1n) is 3.81. The summed E-state index contributed by atoms with van der Waals surface area (Å²) in [6.45, 7) is -1.93. The van der Waals surface area contributed by atoms with Crippen LogP contribution >= 0.6 is 34.9 Å². The molecule has 2 nitrogen and oxygen atoms in total. The summed E-state index contributed by atoms with van der Waals surface area (Å²) < 4.78 is 37.7. The largest absolute Gasteiger partial charge is 0.505 e. The number of aromatic nitrogens is 2. The molecule has 0 amide bonds. The first-order valence-corrected chi connectivity index (χ1v) is 6.84. The standard InChI is InChI=1S/C6H7BF3N2S3/c1-4(7(8,9)10)3-14-6-12-11-5(13-2)15-6/h1,3H2,2H3/q-1. The normalized spacial score (nSPS) is 11.7. The molecule has 0 N–H and O–H groups in total. The van der Waals surface area contributed by atoms with Crippen molar-refractivity contribution in [2.45, 2.75) is 8.68 Å². The highest BCUT2D eigenvalue weighted by Gasteiger charge is 2.26. The summed E-state index contributed by atoms with van der Waals surface area (Å²) in [4.78, 5) is 0. The maximum Gasteiger partial charge on any atom is 0.505 e. The van der Waals surface area contributed by atoms with Gasteiger partial charge in [-0.1, -0.05) is 34.9 Å². The summed E-state index contributed by atoms with van der Waals surface area (Å²) in [6, 6.07) is 0. The molecule has 0 bridgehead atoms. The lowest BCUT2D eigenvalue weighted by Gasteiger charge is -2.16. The first kappa shape index (κ1) is 12.9. The van der Waals surface area contributed by atoms with Gasteiger partial charge in [-0.25, -0.2) is 0 Å². The van der Waals surface area contributed by atoms with Crippen LogP contribution in [-0.2, 0) is 0 Å². The van der Waals surface area contributed by atoms with Crippen LogP contribution in [0.3, 0.4) is 0 Å². The molecule has 0 aliphatic heterocycles.